The van der Waals surface area contributed by atoms with Gasteiger partial charge in [0, 0.05) is 12.0 Å². The molecule has 0 heterocycles. The summed E-state index contributed by atoms with van der Waals surface area (Å²) in [5.41, 5.74) is 1.05. The molecule has 2 N–H and O–H groups in total. The molecule has 30 heavy (non-hydrogen) atoms. The Labute approximate surface area is 170 Å². The van der Waals surface area contributed by atoms with Gasteiger partial charge in [-0.25, -0.2) is 0 Å². The fourth-order valence-electron chi connectivity index (χ4n) is 2.75. The Morgan fingerprint density at radius 1 is 0.967 bits per heavy atom. The molecular formula is C19H22F3NO7. The van der Waals surface area contributed by atoms with Gasteiger partial charge in [-0.1, -0.05) is 0 Å². The molecule has 0 aliphatic heterocycles. The van der Waals surface area contributed by atoms with Gasteiger partial charge in [-0.15, -0.1) is 0 Å². The number of amides is 1. The highest BCUT2D eigenvalue weighted by Crippen LogP contribution is 2.38. The van der Waals surface area contributed by atoms with Crippen molar-refractivity contribution in [1.82, 2.24) is 0 Å². The Kier molecular flexibility index (Phi) is 8.38. The highest BCUT2D eigenvalue weighted by atomic mass is 19.4. The minimum atomic E-state index is -4.83. The Hall–Kier alpha value is -3.11. The molecule has 1 aromatic rings. The van der Waals surface area contributed by atoms with Crippen LogP contribution in [0.15, 0.2) is 18.2 Å². The van der Waals surface area contributed by atoms with Gasteiger partial charge in [0.25, 0.3) is 0 Å². The van der Waals surface area contributed by atoms with Gasteiger partial charge in [-0.2, -0.15) is 13.2 Å². The minimum Gasteiger partial charge on any atom is -0.496 e. The Morgan fingerprint density at radius 2 is 1.50 bits per heavy atom. The van der Waals surface area contributed by atoms with Crippen molar-refractivity contribution >= 4 is 23.6 Å². The molecule has 0 radical (unpaired) electrons. The lowest BCUT2D eigenvalue weighted by atomic mass is 9.78. The molecule has 166 valence electrons. The summed E-state index contributed by atoms with van der Waals surface area (Å²) in [6.45, 7) is 2.49. The summed E-state index contributed by atoms with van der Waals surface area (Å²) in [5, 5.41) is 0. The second-order valence-corrected chi connectivity index (χ2v) is 6.18. The molecule has 1 amide bonds. The Morgan fingerprint density at radius 3 is 1.90 bits per heavy atom. The first-order valence-electron chi connectivity index (χ1n) is 8.84. The largest absolute Gasteiger partial charge is 0.496 e. The summed E-state index contributed by atoms with van der Waals surface area (Å²) < 4.78 is 54.0. The average Bonchev–Trinajstić information content (AvgIpc) is 2.66. The van der Waals surface area contributed by atoms with Gasteiger partial charge >= 0.3 is 18.1 Å². The van der Waals surface area contributed by atoms with Crippen LogP contribution >= 0.6 is 0 Å². The molecule has 0 aromatic heterocycles. The first-order valence-corrected chi connectivity index (χ1v) is 8.84. The second kappa shape index (κ2) is 10.1. The van der Waals surface area contributed by atoms with E-state index in [4.69, 9.17) is 15.2 Å². The molecule has 0 aliphatic carbocycles. The smallest absolute Gasteiger partial charge is 0.419 e. The average molecular weight is 433 g/mol. The zero-order valence-electron chi connectivity index (χ0n) is 16.6. The van der Waals surface area contributed by atoms with Crippen LogP contribution in [0.2, 0.25) is 0 Å². The number of Topliss-reactive ketones (excluding diaryl/α,β-unsaturated/α-hetero) is 1. The van der Waals surface area contributed by atoms with Crippen LogP contribution in [0, 0.1) is 5.41 Å². The van der Waals surface area contributed by atoms with Crippen LogP contribution in [0.25, 0.3) is 0 Å². The van der Waals surface area contributed by atoms with Gasteiger partial charge in [0.1, 0.15) is 5.75 Å². The third-order valence-electron chi connectivity index (χ3n) is 4.10. The quantitative estimate of drug-likeness (QED) is 0.341. The van der Waals surface area contributed by atoms with Gasteiger partial charge in [0.2, 0.25) is 5.91 Å². The molecule has 0 bridgehead atoms. The van der Waals surface area contributed by atoms with Crippen LogP contribution in [0.5, 0.6) is 5.75 Å². The van der Waals surface area contributed by atoms with E-state index in [1.807, 2.05) is 0 Å². The van der Waals surface area contributed by atoms with Crippen molar-refractivity contribution in [1.29, 1.82) is 0 Å². The maximum absolute atomic E-state index is 13.2. The number of ketones is 1. The number of rotatable bonds is 10. The molecule has 0 spiro atoms. The standard InChI is InChI=1S/C19H22F3NO7/c1-4-29-16(26)18(10-15(23)25,17(27)30-5-2)9-13(24)11-6-7-14(28-3)12(8-11)19(20,21)22/h6-8H,4-5,9-10H2,1-3H3,(H2,23,25). The van der Waals surface area contributed by atoms with E-state index in [9.17, 15) is 32.3 Å². The maximum Gasteiger partial charge on any atom is 0.419 e. The number of carbonyl (C=O) groups excluding carboxylic acids is 4. The Balaban J connectivity index is 3.48. The normalized spacial score (nSPS) is 11.5. The highest BCUT2D eigenvalue weighted by Gasteiger charge is 2.52. The first kappa shape index (κ1) is 24.9. The summed E-state index contributed by atoms with van der Waals surface area (Å²) in [6, 6.07) is 2.51. The van der Waals surface area contributed by atoms with Crippen molar-refractivity contribution < 1.29 is 46.6 Å². The number of ether oxygens (including phenoxy) is 3. The lowest BCUT2D eigenvalue weighted by Gasteiger charge is -2.27. The molecule has 11 heteroatoms. The summed E-state index contributed by atoms with van der Waals surface area (Å²) in [6.07, 6.45) is -6.72. The lowest BCUT2D eigenvalue weighted by molar-refractivity contribution is -0.173. The van der Waals surface area contributed by atoms with Gasteiger partial charge in [0.05, 0.1) is 32.3 Å². The van der Waals surface area contributed by atoms with Crippen molar-refractivity contribution in [3.8, 4) is 5.75 Å². The van der Waals surface area contributed by atoms with Crippen LogP contribution in [0.4, 0.5) is 13.2 Å². The molecule has 1 aromatic carbocycles. The fourth-order valence-corrected chi connectivity index (χ4v) is 2.75. The molecule has 0 saturated heterocycles. The predicted molar refractivity (Wildman–Crippen MR) is 96.5 cm³/mol. The monoisotopic (exact) mass is 433 g/mol. The van der Waals surface area contributed by atoms with Crippen LogP contribution in [0.3, 0.4) is 0 Å². The predicted octanol–water partition coefficient (Wildman–Crippen LogP) is 2.27. The van der Waals surface area contributed by atoms with Crippen LogP contribution in [-0.2, 0) is 30.0 Å². The summed E-state index contributed by atoms with van der Waals surface area (Å²) >= 11 is 0. The van der Waals surface area contributed by atoms with E-state index in [2.05, 4.69) is 4.74 Å². The number of alkyl halides is 3. The maximum atomic E-state index is 13.2. The molecule has 0 unspecified atom stereocenters. The Bertz CT molecular complexity index is 803. The number of primary amides is 1. The number of nitrogens with two attached hydrogens (primary N) is 1. The first-order chi connectivity index (χ1) is 13.9. The van der Waals surface area contributed by atoms with E-state index in [0.717, 1.165) is 19.2 Å². The summed E-state index contributed by atoms with van der Waals surface area (Å²) in [7, 11) is 1.03. The van der Waals surface area contributed by atoms with Crippen molar-refractivity contribution in [3.63, 3.8) is 0 Å². The fraction of sp³-hybridized carbons (Fsp3) is 0.474. The number of carbonyl (C=O) groups is 4. The second-order valence-electron chi connectivity index (χ2n) is 6.18. The molecular weight excluding hydrogens is 411 g/mol. The van der Waals surface area contributed by atoms with Crippen LogP contribution < -0.4 is 10.5 Å². The number of halogens is 3. The van der Waals surface area contributed by atoms with Crippen molar-refractivity contribution in [2.45, 2.75) is 32.9 Å². The number of hydrogen-bond donors (Lipinski definition) is 1. The van der Waals surface area contributed by atoms with Crippen LogP contribution in [-0.4, -0.2) is 44.0 Å². The summed E-state index contributed by atoms with van der Waals surface area (Å²) in [4.78, 5) is 49.4. The van der Waals surface area contributed by atoms with Crippen LogP contribution in [0.1, 0.15) is 42.6 Å². The lowest BCUT2D eigenvalue weighted by Crippen LogP contribution is -2.46. The molecule has 0 aliphatic rings. The molecule has 0 fully saturated rings. The van der Waals surface area contributed by atoms with E-state index in [1.165, 1.54) is 13.8 Å². The van der Waals surface area contributed by atoms with Gasteiger partial charge in [-0.05, 0) is 32.0 Å². The van der Waals surface area contributed by atoms with Gasteiger partial charge in [-0.3, -0.25) is 19.2 Å². The molecule has 0 atom stereocenters. The molecule has 0 saturated carbocycles. The molecule has 1 rings (SSSR count). The van der Waals surface area contributed by atoms with E-state index < -0.39 is 64.9 Å². The molecule has 8 nitrogen and oxygen atoms in total. The highest BCUT2D eigenvalue weighted by molar-refractivity contribution is 6.09. The van der Waals surface area contributed by atoms with E-state index >= 15 is 0 Å². The number of methoxy groups -OCH3 is 1. The SMILES string of the molecule is CCOC(=O)C(CC(N)=O)(CC(=O)c1ccc(OC)c(C(F)(F)F)c1)C(=O)OCC. The van der Waals surface area contributed by atoms with Gasteiger partial charge < -0.3 is 19.9 Å². The topological polar surface area (TPSA) is 122 Å². The number of benzene rings is 1. The zero-order chi connectivity index (χ0) is 23.1. The zero-order valence-corrected chi connectivity index (χ0v) is 16.6. The summed E-state index contributed by atoms with van der Waals surface area (Å²) in [5.74, 6) is -5.11. The number of esters is 2. The van der Waals surface area contributed by atoms with Crippen molar-refractivity contribution in [2.24, 2.45) is 11.1 Å². The van der Waals surface area contributed by atoms with Crippen molar-refractivity contribution in [3.05, 3.63) is 29.3 Å². The third kappa shape index (κ3) is 5.71. The third-order valence-corrected chi connectivity index (χ3v) is 4.10. The van der Waals surface area contributed by atoms with Crippen molar-refractivity contribution in [2.75, 3.05) is 20.3 Å². The van der Waals surface area contributed by atoms with Gasteiger partial charge in [0.15, 0.2) is 11.2 Å². The van der Waals surface area contributed by atoms with E-state index in [-0.39, 0.29) is 13.2 Å². The minimum absolute atomic E-state index is 0.187. The van der Waals surface area contributed by atoms with E-state index in [1.54, 1.807) is 0 Å². The number of hydrogen-bond acceptors (Lipinski definition) is 7. The van der Waals surface area contributed by atoms with E-state index in [0.29, 0.717) is 6.07 Å².